The van der Waals surface area contributed by atoms with E-state index in [9.17, 15) is 4.79 Å². The van der Waals surface area contributed by atoms with Crippen LogP contribution in [0.1, 0.15) is 37.5 Å². The highest BCUT2D eigenvalue weighted by Crippen LogP contribution is 2.29. The smallest absolute Gasteiger partial charge is 0.234 e. The molecule has 25 heavy (non-hydrogen) atoms. The first-order valence-electron chi connectivity index (χ1n) is 8.29. The van der Waals surface area contributed by atoms with Crippen LogP contribution in [0.2, 0.25) is 0 Å². The topological polar surface area (TPSA) is 52.9 Å². The molecule has 0 unspecified atom stereocenters. The molecule has 0 atom stereocenters. The van der Waals surface area contributed by atoms with E-state index in [-0.39, 0.29) is 11.3 Å². The number of anilines is 1. The van der Waals surface area contributed by atoms with E-state index in [2.05, 4.69) is 57.3 Å². The lowest BCUT2D eigenvalue weighted by Gasteiger charge is -2.20. The lowest BCUT2D eigenvalue weighted by Crippen LogP contribution is -2.14. The van der Waals surface area contributed by atoms with Crippen LogP contribution in [0.25, 0.3) is 0 Å². The van der Waals surface area contributed by atoms with Crippen molar-refractivity contribution in [2.24, 2.45) is 0 Å². The van der Waals surface area contributed by atoms with Crippen LogP contribution >= 0.6 is 11.8 Å². The van der Waals surface area contributed by atoms with Crippen LogP contribution < -0.4 is 5.32 Å². The molecule has 1 N–H and O–H groups in total. The van der Waals surface area contributed by atoms with Gasteiger partial charge in [-0.05, 0) is 47.2 Å². The van der Waals surface area contributed by atoms with Gasteiger partial charge in [-0.3, -0.25) is 4.79 Å². The third-order valence-corrected chi connectivity index (χ3v) is 5.09. The predicted molar refractivity (Wildman–Crippen MR) is 105 cm³/mol. The average molecular weight is 353 g/mol. The summed E-state index contributed by atoms with van der Waals surface area (Å²) in [6, 6.07) is 16.0. The highest BCUT2D eigenvalue weighted by molar-refractivity contribution is 8.00. The monoisotopic (exact) mass is 352 g/mol. The van der Waals surface area contributed by atoms with Crippen LogP contribution in [-0.4, -0.2) is 11.7 Å². The van der Waals surface area contributed by atoms with E-state index in [1.165, 1.54) is 11.1 Å². The number of nitriles is 1. The van der Waals surface area contributed by atoms with Crippen molar-refractivity contribution in [1.82, 2.24) is 0 Å². The Morgan fingerprint density at radius 1 is 1.16 bits per heavy atom. The number of amides is 1. The third kappa shape index (κ3) is 5.65. The second kappa shape index (κ2) is 8.22. The van der Waals surface area contributed by atoms with E-state index in [1.54, 1.807) is 11.8 Å². The molecule has 4 heteroatoms. The molecule has 0 bridgehead atoms. The maximum atomic E-state index is 12.2. The number of nitrogens with zero attached hydrogens (tertiary/aromatic N) is 1. The molecule has 2 rings (SSSR count). The van der Waals surface area contributed by atoms with Gasteiger partial charge in [0.1, 0.15) is 0 Å². The summed E-state index contributed by atoms with van der Waals surface area (Å²) in [7, 11) is 0. The molecule has 0 aliphatic rings. The van der Waals surface area contributed by atoms with Crippen molar-refractivity contribution in [2.75, 3.05) is 11.1 Å². The van der Waals surface area contributed by atoms with Crippen LogP contribution in [0.15, 0.2) is 47.4 Å². The molecule has 0 saturated carbocycles. The molecule has 2 aromatic carbocycles. The molecule has 0 aliphatic carbocycles. The summed E-state index contributed by atoms with van der Waals surface area (Å²) in [5, 5.41) is 11.6. The predicted octanol–water partition coefficient (Wildman–Crippen LogP) is 5.09. The van der Waals surface area contributed by atoms with Crippen molar-refractivity contribution in [3.8, 4) is 6.07 Å². The Bertz CT molecular complexity index is 783. The quantitative estimate of drug-likeness (QED) is 0.763. The van der Waals surface area contributed by atoms with Gasteiger partial charge in [0.25, 0.3) is 0 Å². The fraction of sp³-hybridized carbons (Fsp3) is 0.333. The first-order valence-corrected chi connectivity index (χ1v) is 9.28. The zero-order chi connectivity index (χ0) is 18.4. The zero-order valence-electron chi connectivity index (χ0n) is 15.2. The number of hydrogen-bond donors (Lipinski definition) is 1. The van der Waals surface area contributed by atoms with Crippen LogP contribution in [0.4, 0.5) is 5.69 Å². The number of benzene rings is 2. The highest BCUT2D eigenvalue weighted by Gasteiger charge is 2.15. The summed E-state index contributed by atoms with van der Waals surface area (Å²) in [4.78, 5) is 13.4. The molecule has 0 heterocycles. The second-order valence-electron chi connectivity index (χ2n) is 7.10. The first kappa shape index (κ1) is 19.1. The van der Waals surface area contributed by atoms with Gasteiger partial charge >= 0.3 is 0 Å². The van der Waals surface area contributed by atoms with E-state index in [1.807, 2.05) is 24.3 Å². The molecule has 1 amide bonds. The van der Waals surface area contributed by atoms with Crippen molar-refractivity contribution >= 4 is 23.4 Å². The Balaban J connectivity index is 1.97. The Labute approximate surface area is 154 Å². The number of carbonyl (C=O) groups excluding carboxylic acids is 1. The third-order valence-electron chi connectivity index (χ3n) is 3.93. The van der Waals surface area contributed by atoms with E-state index in [0.717, 1.165) is 16.1 Å². The number of aryl methyl sites for hydroxylation is 1. The minimum atomic E-state index is -0.0291. The zero-order valence-corrected chi connectivity index (χ0v) is 16.0. The summed E-state index contributed by atoms with van der Waals surface area (Å²) >= 11 is 1.56. The van der Waals surface area contributed by atoms with E-state index in [4.69, 9.17) is 5.26 Å². The molecule has 2 aromatic rings. The molecular formula is C21H24N2OS. The lowest BCUT2D eigenvalue weighted by molar-refractivity contribution is -0.113. The van der Waals surface area contributed by atoms with Crippen molar-refractivity contribution in [1.29, 1.82) is 5.26 Å². The largest absolute Gasteiger partial charge is 0.325 e. The molecule has 0 spiro atoms. The van der Waals surface area contributed by atoms with Crippen molar-refractivity contribution < 1.29 is 4.79 Å². The minimum Gasteiger partial charge on any atom is -0.325 e. The Kier molecular flexibility index (Phi) is 6.27. The number of carbonyl (C=O) groups is 1. The first-order chi connectivity index (χ1) is 11.8. The normalized spacial score (nSPS) is 11.0. The SMILES string of the molecule is Cc1ccc(C(C)(C)C)cc1SCC(=O)Nc1ccc(CC#N)cc1. The average Bonchev–Trinajstić information content (AvgIpc) is 2.55. The van der Waals surface area contributed by atoms with E-state index < -0.39 is 0 Å². The van der Waals surface area contributed by atoms with E-state index in [0.29, 0.717) is 12.2 Å². The molecule has 0 fully saturated rings. The van der Waals surface area contributed by atoms with Gasteiger partial charge < -0.3 is 5.32 Å². The number of thioether (sulfide) groups is 1. The fourth-order valence-electron chi connectivity index (χ4n) is 2.36. The molecule has 0 aliphatic heterocycles. The van der Waals surface area contributed by atoms with Crippen LogP contribution in [0.5, 0.6) is 0 Å². The molecular weight excluding hydrogens is 328 g/mol. The molecule has 0 radical (unpaired) electrons. The maximum Gasteiger partial charge on any atom is 0.234 e. The lowest BCUT2D eigenvalue weighted by atomic mass is 9.87. The van der Waals surface area contributed by atoms with Gasteiger partial charge in [-0.1, -0.05) is 45.0 Å². The van der Waals surface area contributed by atoms with Gasteiger partial charge in [-0.2, -0.15) is 5.26 Å². The van der Waals surface area contributed by atoms with Gasteiger partial charge in [0.15, 0.2) is 0 Å². The van der Waals surface area contributed by atoms with Crippen molar-refractivity contribution in [3.05, 3.63) is 59.2 Å². The van der Waals surface area contributed by atoms with Gasteiger partial charge in [0, 0.05) is 10.6 Å². The van der Waals surface area contributed by atoms with Gasteiger partial charge in [0.2, 0.25) is 5.91 Å². The van der Waals surface area contributed by atoms with Crippen LogP contribution in [-0.2, 0) is 16.6 Å². The molecule has 3 nitrogen and oxygen atoms in total. The molecule has 0 saturated heterocycles. The number of nitrogens with one attached hydrogen (secondary N) is 1. The Hall–Kier alpha value is -2.25. The van der Waals surface area contributed by atoms with Crippen molar-refractivity contribution in [2.45, 2.75) is 44.4 Å². The maximum absolute atomic E-state index is 12.2. The summed E-state index contributed by atoms with van der Waals surface area (Å²) < 4.78 is 0. The van der Waals surface area contributed by atoms with Gasteiger partial charge in [0.05, 0.1) is 18.2 Å². The molecule has 130 valence electrons. The summed E-state index contributed by atoms with van der Waals surface area (Å²) in [5.74, 6) is 0.340. The fourth-order valence-corrected chi connectivity index (χ4v) is 3.22. The molecule has 0 aromatic heterocycles. The highest BCUT2D eigenvalue weighted by atomic mass is 32.2. The standard InChI is InChI=1S/C21H24N2OS/c1-15-5-8-17(21(2,3)4)13-19(15)25-14-20(24)23-18-9-6-16(7-10-18)11-12-22/h5-10,13H,11,14H2,1-4H3,(H,23,24). The number of hydrogen-bond acceptors (Lipinski definition) is 3. The minimum absolute atomic E-state index is 0.0291. The van der Waals surface area contributed by atoms with Crippen LogP contribution in [0.3, 0.4) is 0 Å². The Morgan fingerprint density at radius 3 is 2.44 bits per heavy atom. The van der Waals surface area contributed by atoms with E-state index >= 15 is 0 Å². The van der Waals surface area contributed by atoms with Gasteiger partial charge in [-0.15, -0.1) is 11.8 Å². The van der Waals surface area contributed by atoms with Crippen molar-refractivity contribution in [3.63, 3.8) is 0 Å². The summed E-state index contributed by atoms with van der Waals surface area (Å²) in [5.41, 5.74) is 4.26. The number of rotatable bonds is 5. The van der Waals surface area contributed by atoms with Gasteiger partial charge in [-0.25, -0.2) is 0 Å². The van der Waals surface area contributed by atoms with Crippen LogP contribution in [0, 0.1) is 18.3 Å². The summed E-state index contributed by atoms with van der Waals surface area (Å²) in [6.45, 7) is 8.64. The summed E-state index contributed by atoms with van der Waals surface area (Å²) in [6.07, 6.45) is 0.382. The second-order valence-corrected chi connectivity index (χ2v) is 8.12. The Morgan fingerprint density at radius 2 is 1.84 bits per heavy atom.